The first-order chi connectivity index (χ1) is 9.47. The summed E-state index contributed by atoms with van der Waals surface area (Å²) in [4.78, 5) is 36.4. The van der Waals surface area contributed by atoms with Crippen LogP contribution in [0.3, 0.4) is 0 Å². The number of hydrogen-bond acceptors (Lipinski definition) is 4. The Morgan fingerprint density at radius 2 is 2.20 bits per heavy atom. The number of carbonyl (C=O) groups excluding carboxylic acids is 1. The number of H-pyrrole nitrogens is 1. The van der Waals surface area contributed by atoms with E-state index in [0.717, 1.165) is 0 Å². The average molecular weight is 276 g/mol. The number of pyridine rings is 1. The van der Waals surface area contributed by atoms with E-state index in [1.54, 1.807) is 7.05 Å². The number of aromatic nitrogens is 3. The van der Waals surface area contributed by atoms with Gasteiger partial charge in [0.15, 0.2) is 6.04 Å². The molecule has 104 valence electrons. The average Bonchev–Trinajstić information content (AvgIpc) is 2.82. The summed E-state index contributed by atoms with van der Waals surface area (Å²) in [7, 11) is 1.65. The van der Waals surface area contributed by atoms with Crippen LogP contribution >= 0.6 is 0 Å². The van der Waals surface area contributed by atoms with E-state index in [-0.39, 0.29) is 11.1 Å². The van der Waals surface area contributed by atoms with Crippen LogP contribution in [-0.2, 0) is 11.8 Å². The van der Waals surface area contributed by atoms with Gasteiger partial charge in [-0.3, -0.25) is 14.3 Å². The lowest BCUT2D eigenvalue weighted by atomic mass is 10.1. The van der Waals surface area contributed by atoms with Crippen molar-refractivity contribution in [1.29, 1.82) is 0 Å². The lowest BCUT2D eigenvalue weighted by Gasteiger charge is -2.12. The SMILES string of the molecule is Cn1cc(C(NC(=O)c2ccc(=O)[nH]c2)C(=O)O)cn1. The topological polar surface area (TPSA) is 117 Å². The van der Waals surface area contributed by atoms with Crippen LogP contribution in [-0.4, -0.2) is 31.7 Å². The molecule has 1 atom stereocenters. The second-order valence-electron chi connectivity index (χ2n) is 4.13. The predicted octanol–water partition coefficient (Wildman–Crippen LogP) is -0.336. The molecular weight excluding hydrogens is 264 g/mol. The van der Waals surface area contributed by atoms with Crippen molar-refractivity contribution in [3.8, 4) is 0 Å². The number of aliphatic carboxylic acids is 1. The highest BCUT2D eigenvalue weighted by molar-refractivity contribution is 5.96. The van der Waals surface area contributed by atoms with Gasteiger partial charge in [0.2, 0.25) is 5.56 Å². The van der Waals surface area contributed by atoms with Gasteiger partial charge < -0.3 is 15.4 Å². The lowest BCUT2D eigenvalue weighted by molar-refractivity contribution is -0.139. The van der Waals surface area contributed by atoms with Gasteiger partial charge in [-0.25, -0.2) is 4.79 Å². The third-order valence-corrected chi connectivity index (χ3v) is 2.63. The number of nitrogens with one attached hydrogen (secondary N) is 2. The van der Waals surface area contributed by atoms with E-state index in [1.165, 1.54) is 35.4 Å². The second kappa shape index (κ2) is 5.39. The first kappa shape index (κ1) is 13.5. The van der Waals surface area contributed by atoms with Crippen molar-refractivity contribution >= 4 is 11.9 Å². The van der Waals surface area contributed by atoms with Crippen LogP contribution in [0, 0.1) is 0 Å². The van der Waals surface area contributed by atoms with E-state index in [0.29, 0.717) is 5.56 Å². The Kier molecular flexibility index (Phi) is 3.65. The molecule has 0 spiro atoms. The summed E-state index contributed by atoms with van der Waals surface area (Å²) in [6.07, 6.45) is 4.09. The quantitative estimate of drug-likeness (QED) is 0.706. The minimum Gasteiger partial charge on any atom is -0.479 e. The summed E-state index contributed by atoms with van der Waals surface area (Å²) < 4.78 is 1.44. The molecule has 2 rings (SSSR count). The van der Waals surface area contributed by atoms with E-state index in [4.69, 9.17) is 5.11 Å². The number of amides is 1. The summed E-state index contributed by atoms with van der Waals surface area (Å²) in [5, 5.41) is 15.4. The summed E-state index contributed by atoms with van der Waals surface area (Å²) in [5.74, 6) is -1.80. The molecule has 2 aromatic heterocycles. The van der Waals surface area contributed by atoms with E-state index in [1.807, 2.05) is 0 Å². The predicted molar refractivity (Wildman–Crippen MR) is 68.1 cm³/mol. The number of carboxylic acid groups (broad SMARTS) is 1. The van der Waals surface area contributed by atoms with Crippen LogP contribution < -0.4 is 10.9 Å². The van der Waals surface area contributed by atoms with Gasteiger partial charge in [-0.2, -0.15) is 5.10 Å². The van der Waals surface area contributed by atoms with E-state index in [9.17, 15) is 14.4 Å². The third kappa shape index (κ3) is 2.91. The molecule has 0 aliphatic rings. The standard InChI is InChI=1S/C12H12N4O4/c1-16-6-8(5-14-16)10(12(19)20)15-11(18)7-2-3-9(17)13-4-7/h2-6,10H,1H3,(H,13,17)(H,15,18)(H,19,20). The second-order valence-corrected chi connectivity index (χ2v) is 4.13. The van der Waals surface area contributed by atoms with Crippen LogP contribution in [0.4, 0.5) is 0 Å². The van der Waals surface area contributed by atoms with Crippen LogP contribution in [0.5, 0.6) is 0 Å². The molecule has 8 nitrogen and oxygen atoms in total. The molecule has 1 unspecified atom stereocenters. The van der Waals surface area contributed by atoms with Gasteiger partial charge in [0.05, 0.1) is 11.8 Å². The van der Waals surface area contributed by atoms with Crippen molar-refractivity contribution in [2.24, 2.45) is 7.05 Å². The molecule has 0 fully saturated rings. The minimum atomic E-state index is -1.21. The third-order valence-electron chi connectivity index (χ3n) is 2.63. The van der Waals surface area contributed by atoms with Crippen LogP contribution in [0.15, 0.2) is 35.5 Å². The van der Waals surface area contributed by atoms with Crippen molar-refractivity contribution in [3.63, 3.8) is 0 Å². The number of carbonyl (C=O) groups is 2. The number of hydrogen-bond donors (Lipinski definition) is 3. The van der Waals surface area contributed by atoms with Crippen molar-refractivity contribution < 1.29 is 14.7 Å². The highest BCUT2D eigenvalue weighted by Gasteiger charge is 2.24. The van der Waals surface area contributed by atoms with E-state index >= 15 is 0 Å². The smallest absolute Gasteiger partial charge is 0.331 e. The van der Waals surface area contributed by atoms with Gasteiger partial charge in [-0.15, -0.1) is 0 Å². The lowest BCUT2D eigenvalue weighted by Crippen LogP contribution is -2.33. The van der Waals surface area contributed by atoms with E-state index < -0.39 is 17.9 Å². The normalized spacial score (nSPS) is 11.8. The Hall–Kier alpha value is -2.90. The molecule has 0 saturated carbocycles. The molecular formula is C12H12N4O4. The molecule has 2 aromatic rings. The van der Waals surface area contributed by atoms with Crippen LogP contribution in [0.2, 0.25) is 0 Å². The molecule has 0 aliphatic carbocycles. The van der Waals surface area contributed by atoms with Gasteiger partial charge in [0, 0.05) is 31.1 Å². The summed E-state index contributed by atoms with van der Waals surface area (Å²) in [5.41, 5.74) is 0.182. The summed E-state index contributed by atoms with van der Waals surface area (Å²) >= 11 is 0. The van der Waals surface area contributed by atoms with Crippen molar-refractivity contribution in [2.75, 3.05) is 0 Å². The first-order valence-corrected chi connectivity index (χ1v) is 5.68. The van der Waals surface area contributed by atoms with Gasteiger partial charge in [-0.1, -0.05) is 0 Å². The zero-order valence-electron chi connectivity index (χ0n) is 10.5. The number of nitrogens with zero attached hydrogens (tertiary/aromatic N) is 2. The number of aromatic amines is 1. The molecule has 3 N–H and O–H groups in total. The molecule has 8 heteroatoms. The Labute approximate surface area is 113 Å². The van der Waals surface area contributed by atoms with Crippen molar-refractivity contribution in [1.82, 2.24) is 20.1 Å². The number of carboxylic acids is 1. The minimum absolute atomic E-state index is 0.166. The Bertz CT molecular complexity index is 683. The molecule has 0 bridgehead atoms. The molecule has 0 aliphatic heterocycles. The summed E-state index contributed by atoms with van der Waals surface area (Å²) in [6, 6.07) is 1.30. The maximum Gasteiger partial charge on any atom is 0.331 e. The fraction of sp³-hybridized carbons (Fsp3) is 0.167. The maximum atomic E-state index is 11.9. The van der Waals surface area contributed by atoms with E-state index in [2.05, 4.69) is 15.4 Å². The largest absolute Gasteiger partial charge is 0.479 e. The van der Waals surface area contributed by atoms with Gasteiger partial charge in [0.25, 0.3) is 5.91 Å². The molecule has 0 radical (unpaired) electrons. The van der Waals surface area contributed by atoms with Crippen LogP contribution in [0.1, 0.15) is 22.0 Å². The van der Waals surface area contributed by atoms with Gasteiger partial charge in [0.1, 0.15) is 0 Å². The maximum absolute atomic E-state index is 11.9. The molecule has 20 heavy (non-hydrogen) atoms. The highest BCUT2D eigenvalue weighted by atomic mass is 16.4. The fourth-order valence-electron chi connectivity index (χ4n) is 1.64. The van der Waals surface area contributed by atoms with Gasteiger partial charge in [-0.05, 0) is 6.07 Å². The van der Waals surface area contributed by atoms with Crippen molar-refractivity contribution in [2.45, 2.75) is 6.04 Å². The Balaban J connectivity index is 2.20. The van der Waals surface area contributed by atoms with Crippen LogP contribution in [0.25, 0.3) is 0 Å². The fourth-order valence-corrected chi connectivity index (χ4v) is 1.64. The zero-order valence-corrected chi connectivity index (χ0v) is 10.5. The van der Waals surface area contributed by atoms with Crippen molar-refractivity contribution in [3.05, 3.63) is 52.2 Å². The molecule has 2 heterocycles. The number of aryl methyl sites for hydroxylation is 1. The monoisotopic (exact) mass is 276 g/mol. The molecule has 1 amide bonds. The van der Waals surface area contributed by atoms with Gasteiger partial charge >= 0.3 is 5.97 Å². The Morgan fingerprint density at radius 3 is 2.70 bits per heavy atom. The zero-order chi connectivity index (χ0) is 14.7. The molecule has 0 aromatic carbocycles. The summed E-state index contributed by atoms with van der Waals surface area (Å²) in [6.45, 7) is 0. The Morgan fingerprint density at radius 1 is 1.45 bits per heavy atom. The number of rotatable bonds is 4. The molecule has 0 saturated heterocycles. The highest BCUT2D eigenvalue weighted by Crippen LogP contribution is 2.12. The first-order valence-electron chi connectivity index (χ1n) is 5.68.